The highest BCUT2D eigenvalue weighted by Crippen LogP contribution is 2.27. The zero-order valence-corrected chi connectivity index (χ0v) is 14.5. The maximum Gasteiger partial charge on any atom is 0.244 e. The van der Waals surface area contributed by atoms with E-state index in [0.717, 1.165) is 24.1 Å². The molecule has 2 aromatic rings. The van der Waals surface area contributed by atoms with Crippen molar-refractivity contribution in [2.45, 2.75) is 19.3 Å². The van der Waals surface area contributed by atoms with E-state index in [4.69, 9.17) is 0 Å². The Morgan fingerprint density at radius 1 is 1.20 bits per heavy atom. The van der Waals surface area contributed by atoms with E-state index >= 15 is 0 Å². The molecule has 25 heavy (non-hydrogen) atoms. The number of aryl methyl sites for hydroxylation is 1. The second kappa shape index (κ2) is 7.34. The second-order valence-electron chi connectivity index (χ2n) is 6.28. The first-order valence-electron chi connectivity index (χ1n) is 8.36. The molecule has 0 spiro atoms. The van der Waals surface area contributed by atoms with Crippen LogP contribution in [0.4, 0.5) is 17.2 Å². The van der Waals surface area contributed by atoms with E-state index in [1.165, 1.54) is 0 Å². The minimum Gasteiger partial charge on any atom is -0.361 e. The van der Waals surface area contributed by atoms with E-state index < -0.39 is 0 Å². The van der Waals surface area contributed by atoms with Crippen LogP contribution in [0.15, 0.2) is 42.6 Å². The second-order valence-corrected chi connectivity index (χ2v) is 6.28. The molecule has 1 aliphatic heterocycles. The number of aromatic nitrogens is 1. The molecule has 2 heterocycles. The van der Waals surface area contributed by atoms with Crippen molar-refractivity contribution in [3.63, 3.8) is 0 Å². The minimum atomic E-state index is -0.235. The van der Waals surface area contributed by atoms with Crippen LogP contribution in [0.1, 0.15) is 18.4 Å². The number of amides is 2. The van der Waals surface area contributed by atoms with Crippen LogP contribution >= 0.6 is 0 Å². The molecule has 1 N–H and O–H groups in total. The summed E-state index contributed by atoms with van der Waals surface area (Å²) in [5.41, 5.74) is 2.57. The standard InChI is InChI=1S/C19H22N4O2/c1-22(2)19-15(9-6-12-20-19)21-17(24)13-23-16-10-4-3-7-14(16)8-5-11-18(23)25/h3-4,6-7,9-10,12H,5,8,11,13H2,1-2H3,(H,21,24). The van der Waals surface area contributed by atoms with E-state index in [9.17, 15) is 9.59 Å². The molecule has 3 rings (SSSR count). The third-order valence-electron chi connectivity index (χ3n) is 4.21. The minimum absolute atomic E-state index is 0.00237. The Hall–Kier alpha value is -2.89. The Bertz CT molecular complexity index is 788. The Morgan fingerprint density at radius 2 is 2.00 bits per heavy atom. The van der Waals surface area contributed by atoms with E-state index in [1.54, 1.807) is 23.2 Å². The summed E-state index contributed by atoms with van der Waals surface area (Å²) >= 11 is 0. The Morgan fingerprint density at radius 3 is 2.80 bits per heavy atom. The number of nitrogens with zero attached hydrogens (tertiary/aromatic N) is 3. The van der Waals surface area contributed by atoms with E-state index in [1.807, 2.05) is 43.3 Å². The third-order valence-corrected chi connectivity index (χ3v) is 4.21. The zero-order chi connectivity index (χ0) is 17.8. The van der Waals surface area contributed by atoms with Crippen LogP contribution in [-0.4, -0.2) is 37.4 Å². The molecule has 0 radical (unpaired) electrons. The quantitative estimate of drug-likeness (QED) is 0.930. The van der Waals surface area contributed by atoms with Crippen molar-refractivity contribution in [1.29, 1.82) is 0 Å². The number of hydrogen-bond acceptors (Lipinski definition) is 4. The Balaban J connectivity index is 1.80. The average molecular weight is 338 g/mol. The van der Waals surface area contributed by atoms with Crippen molar-refractivity contribution >= 4 is 29.0 Å². The number of carbonyl (C=O) groups excluding carboxylic acids is 2. The van der Waals surface area contributed by atoms with E-state index in [-0.39, 0.29) is 18.4 Å². The molecule has 0 bridgehead atoms. The number of para-hydroxylation sites is 1. The number of pyridine rings is 1. The van der Waals surface area contributed by atoms with Crippen molar-refractivity contribution in [2.24, 2.45) is 0 Å². The van der Waals surface area contributed by atoms with Gasteiger partial charge in [0.15, 0.2) is 5.82 Å². The van der Waals surface area contributed by atoms with E-state index in [0.29, 0.717) is 17.9 Å². The largest absolute Gasteiger partial charge is 0.361 e. The van der Waals surface area contributed by atoms with Gasteiger partial charge in [0.2, 0.25) is 11.8 Å². The first-order valence-corrected chi connectivity index (χ1v) is 8.36. The fraction of sp³-hybridized carbons (Fsp3) is 0.316. The van der Waals surface area contributed by atoms with Gasteiger partial charge in [0.05, 0.1) is 5.69 Å². The number of nitrogens with one attached hydrogen (secondary N) is 1. The molecule has 0 saturated heterocycles. The number of anilines is 3. The van der Waals surface area contributed by atoms with Gasteiger partial charge in [-0.2, -0.15) is 0 Å². The van der Waals surface area contributed by atoms with Crippen LogP contribution in [0.3, 0.4) is 0 Å². The molecule has 130 valence electrons. The molecule has 2 amide bonds. The summed E-state index contributed by atoms with van der Waals surface area (Å²) in [4.78, 5) is 32.7. The van der Waals surface area contributed by atoms with Crippen LogP contribution in [0, 0.1) is 0 Å². The summed E-state index contributed by atoms with van der Waals surface area (Å²) in [5.74, 6) is 0.429. The molecular formula is C19H22N4O2. The molecule has 1 aliphatic rings. The highest BCUT2D eigenvalue weighted by Gasteiger charge is 2.24. The van der Waals surface area contributed by atoms with E-state index in [2.05, 4.69) is 10.3 Å². The fourth-order valence-corrected chi connectivity index (χ4v) is 3.04. The van der Waals surface area contributed by atoms with Gasteiger partial charge < -0.3 is 15.1 Å². The molecule has 0 fully saturated rings. The van der Waals surface area contributed by atoms with Crippen LogP contribution in [0.2, 0.25) is 0 Å². The van der Waals surface area contributed by atoms with Gasteiger partial charge in [0.25, 0.3) is 0 Å². The summed E-state index contributed by atoms with van der Waals surface area (Å²) in [6.07, 6.45) is 3.80. The predicted octanol–water partition coefficient (Wildman–Crippen LogP) is 2.46. The number of fused-ring (bicyclic) bond motifs is 1. The molecule has 1 aromatic carbocycles. The number of benzene rings is 1. The Kier molecular flexibility index (Phi) is 4.97. The summed E-state index contributed by atoms with van der Waals surface area (Å²) in [6, 6.07) is 11.4. The average Bonchev–Trinajstić information content (AvgIpc) is 2.75. The van der Waals surface area contributed by atoms with Gasteiger partial charge in [-0.1, -0.05) is 18.2 Å². The summed E-state index contributed by atoms with van der Waals surface area (Å²) < 4.78 is 0. The van der Waals surface area contributed by atoms with Gasteiger partial charge in [0.1, 0.15) is 6.54 Å². The smallest absolute Gasteiger partial charge is 0.244 e. The SMILES string of the molecule is CN(C)c1ncccc1NC(=O)CN1C(=O)CCCc2ccccc21. The summed E-state index contributed by atoms with van der Waals surface area (Å²) in [5, 5.41) is 2.87. The van der Waals surface area contributed by atoms with Crippen LogP contribution in [0.5, 0.6) is 0 Å². The van der Waals surface area contributed by atoms with Gasteiger partial charge in [-0.3, -0.25) is 9.59 Å². The number of hydrogen-bond donors (Lipinski definition) is 1. The van der Waals surface area contributed by atoms with Crippen molar-refractivity contribution in [3.05, 3.63) is 48.2 Å². The number of carbonyl (C=O) groups is 2. The normalized spacial score (nSPS) is 13.8. The molecule has 0 aliphatic carbocycles. The van der Waals surface area contributed by atoms with Crippen molar-refractivity contribution in [2.75, 3.05) is 35.8 Å². The number of rotatable bonds is 4. The maximum absolute atomic E-state index is 12.6. The van der Waals surface area contributed by atoms with Crippen molar-refractivity contribution < 1.29 is 9.59 Å². The van der Waals surface area contributed by atoms with Gasteiger partial charge >= 0.3 is 0 Å². The van der Waals surface area contributed by atoms with Crippen LogP contribution in [-0.2, 0) is 16.0 Å². The van der Waals surface area contributed by atoms with Crippen LogP contribution < -0.4 is 15.1 Å². The topological polar surface area (TPSA) is 65.5 Å². The summed E-state index contributed by atoms with van der Waals surface area (Å²) in [7, 11) is 3.74. The highest BCUT2D eigenvalue weighted by atomic mass is 16.2. The third kappa shape index (κ3) is 3.79. The fourth-order valence-electron chi connectivity index (χ4n) is 3.04. The lowest BCUT2D eigenvalue weighted by Gasteiger charge is -2.23. The van der Waals surface area contributed by atoms with Gasteiger partial charge in [-0.05, 0) is 36.6 Å². The van der Waals surface area contributed by atoms with Crippen LogP contribution in [0.25, 0.3) is 0 Å². The molecular weight excluding hydrogens is 316 g/mol. The lowest BCUT2D eigenvalue weighted by molar-refractivity contribution is -0.121. The first-order chi connectivity index (χ1) is 12.1. The molecule has 1 aromatic heterocycles. The van der Waals surface area contributed by atoms with Gasteiger partial charge in [-0.25, -0.2) is 4.98 Å². The van der Waals surface area contributed by atoms with Gasteiger partial charge in [0, 0.05) is 32.4 Å². The van der Waals surface area contributed by atoms with Crippen molar-refractivity contribution in [3.8, 4) is 0 Å². The first kappa shape index (κ1) is 17.0. The Labute approximate surface area is 147 Å². The molecule has 0 atom stereocenters. The molecule has 6 nitrogen and oxygen atoms in total. The monoisotopic (exact) mass is 338 g/mol. The lowest BCUT2D eigenvalue weighted by atomic mass is 10.1. The zero-order valence-electron chi connectivity index (χ0n) is 14.5. The predicted molar refractivity (Wildman–Crippen MR) is 98.9 cm³/mol. The lowest BCUT2D eigenvalue weighted by Crippen LogP contribution is -2.38. The highest BCUT2D eigenvalue weighted by molar-refractivity contribution is 6.04. The summed E-state index contributed by atoms with van der Waals surface area (Å²) in [6.45, 7) is -0.00237. The van der Waals surface area contributed by atoms with Gasteiger partial charge in [-0.15, -0.1) is 0 Å². The maximum atomic E-state index is 12.6. The molecule has 0 unspecified atom stereocenters. The molecule has 6 heteroatoms. The van der Waals surface area contributed by atoms with Crippen molar-refractivity contribution in [1.82, 2.24) is 4.98 Å². The molecule has 0 saturated carbocycles.